The SMILES string of the molecule is Cl.NC(N)=Nc1nnc(-c2ccccc2[N+](=O)[O-])s1. The maximum absolute atomic E-state index is 10.9. The Kier molecular flexibility index (Phi) is 4.73. The molecule has 0 aliphatic carbocycles. The molecule has 0 unspecified atom stereocenters. The number of rotatable bonds is 3. The zero-order valence-corrected chi connectivity index (χ0v) is 11.0. The van der Waals surface area contributed by atoms with Gasteiger partial charge in [-0.3, -0.25) is 10.1 Å². The van der Waals surface area contributed by atoms with Crippen molar-refractivity contribution >= 4 is 40.5 Å². The summed E-state index contributed by atoms with van der Waals surface area (Å²) in [5.74, 6) is -0.139. The molecular weight excluding hydrogens is 292 g/mol. The molecule has 0 saturated carbocycles. The predicted octanol–water partition coefficient (Wildman–Crippen LogP) is 1.44. The number of nitrogens with zero attached hydrogens (tertiary/aromatic N) is 4. The average Bonchev–Trinajstić information content (AvgIpc) is 2.76. The highest BCUT2D eigenvalue weighted by Crippen LogP contribution is 2.33. The standard InChI is InChI=1S/C9H8N6O2S.ClH/c10-8(11)12-9-14-13-7(18-9)5-3-1-2-4-6(5)15(16)17;/h1-4H,(H4,10,11,12,14);1H. The zero-order chi connectivity index (χ0) is 13.1. The molecule has 0 fully saturated rings. The van der Waals surface area contributed by atoms with Crippen LogP contribution in [0.15, 0.2) is 29.3 Å². The third-order valence-corrected chi connectivity index (χ3v) is 2.82. The van der Waals surface area contributed by atoms with E-state index in [0.29, 0.717) is 10.6 Å². The maximum atomic E-state index is 10.9. The van der Waals surface area contributed by atoms with Gasteiger partial charge in [-0.1, -0.05) is 23.5 Å². The first kappa shape index (κ1) is 14.8. The minimum Gasteiger partial charge on any atom is -0.370 e. The lowest BCUT2D eigenvalue weighted by Gasteiger charge is -1.96. The van der Waals surface area contributed by atoms with Crippen LogP contribution in [-0.4, -0.2) is 21.1 Å². The second-order valence-electron chi connectivity index (χ2n) is 3.20. The van der Waals surface area contributed by atoms with Crippen molar-refractivity contribution in [3.63, 3.8) is 0 Å². The third-order valence-electron chi connectivity index (χ3n) is 1.97. The lowest BCUT2D eigenvalue weighted by molar-refractivity contribution is -0.384. The number of nitro benzene ring substituents is 1. The van der Waals surface area contributed by atoms with Crippen LogP contribution in [0.3, 0.4) is 0 Å². The zero-order valence-electron chi connectivity index (χ0n) is 9.39. The van der Waals surface area contributed by atoms with Crippen LogP contribution in [-0.2, 0) is 0 Å². The Morgan fingerprint density at radius 2 is 2.00 bits per heavy atom. The number of para-hydroxylation sites is 1. The van der Waals surface area contributed by atoms with Gasteiger partial charge in [-0.2, -0.15) is 4.99 Å². The summed E-state index contributed by atoms with van der Waals surface area (Å²) in [4.78, 5) is 14.1. The lowest BCUT2D eigenvalue weighted by atomic mass is 10.2. The third kappa shape index (κ3) is 3.36. The van der Waals surface area contributed by atoms with E-state index in [4.69, 9.17) is 11.5 Å². The van der Waals surface area contributed by atoms with E-state index in [0.717, 1.165) is 11.3 Å². The molecule has 10 heteroatoms. The molecule has 19 heavy (non-hydrogen) atoms. The number of nitro groups is 1. The quantitative estimate of drug-likeness (QED) is 0.381. The molecule has 1 aromatic carbocycles. The fourth-order valence-corrected chi connectivity index (χ4v) is 2.06. The van der Waals surface area contributed by atoms with Crippen LogP contribution in [0, 0.1) is 10.1 Å². The van der Waals surface area contributed by atoms with Gasteiger partial charge in [-0.25, -0.2) is 0 Å². The number of nitrogens with two attached hydrogens (primary N) is 2. The summed E-state index contributed by atoms with van der Waals surface area (Å²) < 4.78 is 0. The van der Waals surface area contributed by atoms with Crippen LogP contribution in [0.5, 0.6) is 0 Å². The van der Waals surface area contributed by atoms with Crippen molar-refractivity contribution in [2.75, 3.05) is 0 Å². The minimum atomic E-state index is -0.475. The van der Waals surface area contributed by atoms with Crippen molar-refractivity contribution in [2.24, 2.45) is 16.5 Å². The van der Waals surface area contributed by atoms with E-state index in [1.807, 2.05) is 0 Å². The van der Waals surface area contributed by atoms with E-state index >= 15 is 0 Å². The molecule has 0 spiro atoms. The van der Waals surface area contributed by atoms with E-state index in [2.05, 4.69) is 15.2 Å². The van der Waals surface area contributed by atoms with Gasteiger partial charge in [0.15, 0.2) is 11.0 Å². The van der Waals surface area contributed by atoms with E-state index in [1.54, 1.807) is 18.2 Å². The second kappa shape index (κ2) is 6.07. The molecule has 0 bridgehead atoms. The molecule has 0 radical (unpaired) electrons. The highest BCUT2D eigenvalue weighted by atomic mass is 35.5. The van der Waals surface area contributed by atoms with Gasteiger partial charge in [0.2, 0.25) is 5.13 Å². The molecule has 100 valence electrons. The largest absolute Gasteiger partial charge is 0.370 e. The van der Waals surface area contributed by atoms with Gasteiger partial charge in [0.05, 0.1) is 10.5 Å². The fraction of sp³-hybridized carbons (Fsp3) is 0. The Hall–Kier alpha value is -2.26. The maximum Gasteiger partial charge on any atom is 0.279 e. The van der Waals surface area contributed by atoms with Gasteiger partial charge in [0, 0.05) is 6.07 Å². The number of guanidine groups is 1. The second-order valence-corrected chi connectivity index (χ2v) is 4.16. The summed E-state index contributed by atoms with van der Waals surface area (Å²) >= 11 is 1.07. The summed E-state index contributed by atoms with van der Waals surface area (Å²) in [6.07, 6.45) is 0. The van der Waals surface area contributed by atoms with Crippen LogP contribution in [0.4, 0.5) is 10.8 Å². The Balaban J connectivity index is 0.00000180. The van der Waals surface area contributed by atoms with Gasteiger partial charge in [0.1, 0.15) is 0 Å². The smallest absolute Gasteiger partial charge is 0.279 e. The fourth-order valence-electron chi connectivity index (χ4n) is 1.29. The van der Waals surface area contributed by atoms with Gasteiger partial charge in [-0.15, -0.1) is 22.6 Å². The average molecular weight is 301 g/mol. The molecule has 0 amide bonds. The van der Waals surface area contributed by atoms with Crippen LogP contribution >= 0.6 is 23.7 Å². The van der Waals surface area contributed by atoms with Gasteiger partial charge < -0.3 is 11.5 Å². The molecular formula is C9H9ClN6O2S. The Morgan fingerprint density at radius 3 is 2.63 bits per heavy atom. The number of aromatic nitrogens is 2. The Bertz CT molecular complexity index is 625. The molecule has 0 aliphatic rings. The van der Waals surface area contributed by atoms with E-state index in [1.165, 1.54) is 6.07 Å². The van der Waals surface area contributed by atoms with Gasteiger partial charge in [-0.05, 0) is 6.07 Å². The Morgan fingerprint density at radius 1 is 1.32 bits per heavy atom. The van der Waals surface area contributed by atoms with Crippen molar-refractivity contribution in [2.45, 2.75) is 0 Å². The molecule has 8 nitrogen and oxygen atoms in total. The van der Waals surface area contributed by atoms with Crippen molar-refractivity contribution in [3.8, 4) is 10.6 Å². The van der Waals surface area contributed by atoms with Crippen molar-refractivity contribution in [1.82, 2.24) is 10.2 Å². The first-order valence-corrected chi connectivity index (χ1v) is 5.56. The molecule has 2 aromatic rings. The van der Waals surface area contributed by atoms with E-state index in [-0.39, 0.29) is 29.2 Å². The van der Waals surface area contributed by atoms with Gasteiger partial charge >= 0.3 is 0 Å². The van der Waals surface area contributed by atoms with Crippen LogP contribution in [0.2, 0.25) is 0 Å². The normalized spacial score (nSPS) is 9.47. The molecule has 0 atom stereocenters. The Labute approximate surface area is 117 Å². The number of aliphatic imine (C=N–C) groups is 1. The monoisotopic (exact) mass is 300 g/mol. The van der Waals surface area contributed by atoms with Crippen molar-refractivity contribution < 1.29 is 4.92 Å². The van der Waals surface area contributed by atoms with Crippen molar-refractivity contribution in [1.29, 1.82) is 0 Å². The number of benzene rings is 1. The minimum absolute atomic E-state index is 0. The lowest BCUT2D eigenvalue weighted by Crippen LogP contribution is -2.21. The van der Waals surface area contributed by atoms with Gasteiger partial charge in [0.25, 0.3) is 5.69 Å². The van der Waals surface area contributed by atoms with E-state index < -0.39 is 4.92 Å². The summed E-state index contributed by atoms with van der Waals surface area (Å²) in [6.45, 7) is 0. The predicted molar refractivity (Wildman–Crippen MR) is 74.7 cm³/mol. The summed E-state index contributed by atoms with van der Waals surface area (Å²) in [6, 6.07) is 6.26. The summed E-state index contributed by atoms with van der Waals surface area (Å²) in [7, 11) is 0. The summed E-state index contributed by atoms with van der Waals surface area (Å²) in [5, 5.41) is 19.1. The van der Waals surface area contributed by atoms with Crippen LogP contribution < -0.4 is 11.5 Å². The van der Waals surface area contributed by atoms with Crippen LogP contribution in [0.1, 0.15) is 0 Å². The number of hydrogen-bond donors (Lipinski definition) is 2. The summed E-state index contributed by atoms with van der Waals surface area (Å²) in [5.41, 5.74) is 10.8. The first-order valence-electron chi connectivity index (χ1n) is 4.75. The molecule has 4 N–H and O–H groups in total. The van der Waals surface area contributed by atoms with Crippen molar-refractivity contribution in [3.05, 3.63) is 34.4 Å². The van der Waals surface area contributed by atoms with Crippen LogP contribution in [0.25, 0.3) is 10.6 Å². The highest BCUT2D eigenvalue weighted by Gasteiger charge is 2.17. The molecule has 0 saturated heterocycles. The van der Waals surface area contributed by atoms with E-state index in [9.17, 15) is 10.1 Å². The first-order chi connectivity index (χ1) is 8.58. The number of halogens is 1. The number of hydrogen-bond acceptors (Lipinski definition) is 6. The molecule has 1 aromatic heterocycles. The molecule has 0 aliphatic heterocycles. The topological polar surface area (TPSA) is 133 Å². The molecule has 1 heterocycles. The highest BCUT2D eigenvalue weighted by molar-refractivity contribution is 7.18. The molecule has 2 rings (SSSR count).